The van der Waals surface area contributed by atoms with Gasteiger partial charge in [0, 0.05) is 31.1 Å². The lowest BCUT2D eigenvalue weighted by Gasteiger charge is -2.46. The van der Waals surface area contributed by atoms with E-state index >= 15 is 0 Å². The molecule has 1 amide bonds. The molecule has 2 unspecified atom stereocenters. The number of benzene rings is 2. The Hall–Kier alpha value is -2.90. The third kappa shape index (κ3) is 6.47. The van der Waals surface area contributed by atoms with Crippen LogP contribution in [0.1, 0.15) is 87.6 Å². The predicted octanol–water partition coefficient (Wildman–Crippen LogP) is 6.02. The number of hydrogen-bond acceptors (Lipinski definition) is 6. The summed E-state index contributed by atoms with van der Waals surface area (Å²) in [6, 6.07) is 13.8. The normalized spacial score (nSPS) is 21.9. The molecule has 2 aliphatic rings. The summed E-state index contributed by atoms with van der Waals surface area (Å²) in [6.07, 6.45) is 3.48. The Morgan fingerprint density at radius 3 is 2.10 bits per heavy atom. The topological polar surface area (TPSA) is 74.3 Å². The van der Waals surface area contributed by atoms with E-state index in [4.69, 9.17) is 18.9 Å². The molecule has 0 saturated heterocycles. The molecule has 4 rings (SSSR count). The highest BCUT2D eigenvalue weighted by Gasteiger charge is 2.50. The maximum absolute atomic E-state index is 13.9. The van der Waals surface area contributed by atoms with Crippen molar-refractivity contribution < 1.29 is 28.5 Å². The van der Waals surface area contributed by atoms with Gasteiger partial charge in [-0.3, -0.25) is 9.59 Å². The quantitative estimate of drug-likeness (QED) is 0.293. The number of amides is 1. The number of ether oxygens (including phenoxy) is 4. The third-order valence-electron chi connectivity index (χ3n) is 8.60. The molecule has 0 spiro atoms. The molecule has 7 nitrogen and oxygen atoms in total. The molecule has 0 aliphatic heterocycles. The Labute approximate surface area is 232 Å². The molecule has 0 N–H and O–H groups in total. The van der Waals surface area contributed by atoms with Crippen LogP contribution in [0, 0.1) is 5.41 Å². The minimum atomic E-state index is -0.668. The lowest BCUT2D eigenvalue weighted by Crippen LogP contribution is -2.50. The largest absolute Gasteiger partial charge is 0.496 e. The van der Waals surface area contributed by atoms with Crippen LogP contribution in [0.4, 0.5) is 0 Å². The van der Waals surface area contributed by atoms with Crippen LogP contribution >= 0.6 is 0 Å². The fourth-order valence-corrected chi connectivity index (χ4v) is 5.76. The standard InChI is InChI=1S/C32H43NO6/c1-21(26-16-28(37-5)31(25-12-13-25)29(17-26)38-6)33(14-15-39-22(2)24-10-8-7-9-11-24)30(35)20-32(23(3)34)18-27(19-32)36-4/h7-11,16-17,21-22,25,27H,12-15,18-20H2,1-6H3. The summed E-state index contributed by atoms with van der Waals surface area (Å²) in [5, 5.41) is 0. The molecule has 2 atom stereocenters. The second-order valence-corrected chi connectivity index (χ2v) is 11.1. The van der Waals surface area contributed by atoms with Crippen molar-refractivity contribution in [2.24, 2.45) is 5.41 Å². The van der Waals surface area contributed by atoms with E-state index in [-0.39, 0.29) is 36.4 Å². The van der Waals surface area contributed by atoms with E-state index in [1.54, 1.807) is 28.3 Å². The van der Waals surface area contributed by atoms with Crippen LogP contribution in [-0.4, -0.2) is 57.2 Å². The van der Waals surface area contributed by atoms with E-state index in [2.05, 4.69) is 0 Å². The molecule has 2 aromatic rings. The minimum absolute atomic E-state index is 0.0196. The molecule has 0 aromatic heterocycles. The van der Waals surface area contributed by atoms with Gasteiger partial charge in [0.05, 0.1) is 39.1 Å². The van der Waals surface area contributed by atoms with Crippen LogP contribution in [0.15, 0.2) is 42.5 Å². The zero-order valence-corrected chi connectivity index (χ0v) is 24.2. The van der Waals surface area contributed by atoms with Crippen molar-refractivity contribution in [3.8, 4) is 11.5 Å². The maximum Gasteiger partial charge on any atom is 0.224 e. The Balaban J connectivity index is 1.57. The first kappa shape index (κ1) is 29.1. The lowest BCUT2D eigenvalue weighted by atomic mass is 9.62. The summed E-state index contributed by atoms with van der Waals surface area (Å²) in [5.41, 5.74) is 2.45. The monoisotopic (exact) mass is 537 g/mol. The number of ketones is 1. The van der Waals surface area contributed by atoms with E-state index in [1.807, 2.05) is 61.2 Å². The summed E-state index contributed by atoms with van der Waals surface area (Å²) in [7, 11) is 5.01. The molecule has 0 heterocycles. The minimum Gasteiger partial charge on any atom is -0.496 e. The number of nitrogens with zero attached hydrogens (tertiary/aromatic N) is 1. The van der Waals surface area contributed by atoms with Crippen LogP contribution in [-0.2, 0) is 19.1 Å². The van der Waals surface area contributed by atoms with Crippen molar-refractivity contribution in [3.63, 3.8) is 0 Å². The summed E-state index contributed by atoms with van der Waals surface area (Å²) < 4.78 is 23.2. The fraction of sp³-hybridized carbons (Fsp3) is 0.562. The zero-order chi connectivity index (χ0) is 28.2. The van der Waals surface area contributed by atoms with Crippen molar-refractivity contribution >= 4 is 11.7 Å². The second kappa shape index (κ2) is 12.5. The van der Waals surface area contributed by atoms with Gasteiger partial charge in [0.25, 0.3) is 0 Å². The van der Waals surface area contributed by atoms with Gasteiger partial charge >= 0.3 is 0 Å². The highest BCUT2D eigenvalue weighted by Crippen LogP contribution is 2.50. The molecule has 39 heavy (non-hydrogen) atoms. The molecule has 2 aromatic carbocycles. The number of hydrogen-bond donors (Lipinski definition) is 0. The molecule has 7 heteroatoms. The van der Waals surface area contributed by atoms with E-state index < -0.39 is 5.41 Å². The van der Waals surface area contributed by atoms with Crippen LogP contribution < -0.4 is 9.47 Å². The summed E-state index contributed by atoms with van der Waals surface area (Å²) >= 11 is 0. The van der Waals surface area contributed by atoms with Gasteiger partial charge in [0.2, 0.25) is 5.91 Å². The van der Waals surface area contributed by atoms with Gasteiger partial charge in [-0.15, -0.1) is 0 Å². The smallest absolute Gasteiger partial charge is 0.224 e. The average Bonchev–Trinajstić information content (AvgIpc) is 3.77. The number of carbonyl (C=O) groups excluding carboxylic acids is 2. The van der Waals surface area contributed by atoms with Crippen LogP contribution in [0.3, 0.4) is 0 Å². The number of rotatable bonds is 14. The van der Waals surface area contributed by atoms with Crippen molar-refractivity contribution in [1.29, 1.82) is 0 Å². The van der Waals surface area contributed by atoms with Gasteiger partial charge in [-0.25, -0.2) is 0 Å². The van der Waals surface area contributed by atoms with Crippen molar-refractivity contribution in [3.05, 3.63) is 59.2 Å². The van der Waals surface area contributed by atoms with Gasteiger partial charge in [-0.2, -0.15) is 0 Å². The SMILES string of the molecule is COc1cc(C(C)N(CCOC(C)c2ccccc2)C(=O)CC2(C(C)=O)CC(OC)C2)cc(OC)c1C1CC1. The zero-order valence-electron chi connectivity index (χ0n) is 24.2. The van der Waals surface area contributed by atoms with Crippen LogP contribution in [0.25, 0.3) is 0 Å². The van der Waals surface area contributed by atoms with Gasteiger partial charge in [-0.05, 0) is 75.6 Å². The van der Waals surface area contributed by atoms with Gasteiger partial charge in [0.15, 0.2) is 0 Å². The van der Waals surface area contributed by atoms with Crippen LogP contribution in [0.2, 0.25) is 0 Å². The third-order valence-corrected chi connectivity index (χ3v) is 8.60. The number of Topliss-reactive ketones (excluding diaryl/α,β-unsaturated/α-hetero) is 1. The molecule has 0 bridgehead atoms. The predicted molar refractivity (Wildman–Crippen MR) is 150 cm³/mol. The van der Waals surface area contributed by atoms with Gasteiger partial charge in [0.1, 0.15) is 17.3 Å². The summed E-state index contributed by atoms with van der Waals surface area (Å²) in [6.45, 7) is 6.38. The Bertz CT molecular complexity index is 1110. The fourth-order valence-electron chi connectivity index (χ4n) is 5.76. The number of carbonyl (C=O) groups is 2. The molecule has 212 valence electrons. The highest BCUT2D eigenvalue weighted by atomic mass is 16.5. The van der Waals surface area contributed by atoms with E-state index in [1.165, 1.54) is 0 Å². The van der Waals surface area contributed by atoms with Gasteiger partial charge < -0.3 is 23.8 Å². The highest BCUT2D eigenvalue weighted by molar-refractivity contribution is 5.90. The van der Waals surface area contributed by atoms with E-state index in [0.29, 0.717) is 31.9 Å². The second-order valence-electron chi connectivity index (χ2n) is 11.1. The molecule has 2 aliphatic carbocycles. The first-order chi connectivity index (χ1) is 18.7. The van der Waals surface area contributed by atoms with Crippen molar-refractivity contribution in [2.75, 3.05) is 34.5 Å². The molecule has 2 fully saturated rings. The van der Waals surface area contributed by atoms with Gasteiger partial charge in [-0.1, -0.05) is 30.3 Å². The molecular formula is C32H43NO6. The van der Waals surface area contributed by atoms with E-state index in [9.17, 15) is 9.59 Å². The van der Waals surface area contributed by atoms with Crippen molar-refractivity contribution in [2.45, 2.75) is 77.0 Å². The molecule has 0 radical (unpaired) electrons. The average molecular weight is 538 g/mol. The molecular weight excluding hydrogens is 494 g/mol. The summed E-state index contributed by atoms with van der Waals surface area (Å²) in [4.78, 5) is 28.4. The Morgan fingerprint density at radius 2 is 1.59 bits per heavy atom. The lowest BCUT2D eigenvalue weighted by molar-refractivity contribution is -0.154. The van der Waals surface area contributed by atoms with Crippen molar-refractivity contribution in [1.82, 2.24) is 4.90 Å². The van der Waals surface area contributed by atoms with Crippen LogP contribution in [0.5, 0.6) is 11.5 Å². The number of methoxy groups -OCH3 is 3. The molecule has 2 saturated carbocycles. The maximum atomic E-state index is 13.9. The Morgan fingerprint density at radius 1 is 0.974 bits per heavy atom. The van der Waals surface area contributed by atoms with E-state index in [0.717, 1.165) is 41.0 Å². The first-order valence-corrected chi connectivity index (χ1v) is 14.0. The Kier molecular flexibility index (Phi) is 9.34. The summed E-state index contributed by atoms with van der Waals surface area (Å²) in [5.74, 6) is 2.02. The first-order valence-electron chi connectivity index (χ1n) is 14.0.